The average Bonchev–Trinajstić information content (AvgIpc) is 3.13. The van der Waals surface area contributed by atoms with Crippen molar-refractivity contribution in [1.29, 1.82) is 0 Å². The van der Waals surface area contributed by atoms with E-state index in [1.165, 1.54) is 0 Å². The van der Waals surface area contributed by atoms with E-state index < -0.39 is 0 Å². The number of ether oxygens (including phenoxy) is 2. The van der Waals surface area contributed by atoms with E-state index in [2.05, 4.69) is 20.3 Å². The number of methoxy groups -OCH3 is 2. The van der Waals surface area contributed by atoms with Gasteiger partial charge >= 0.3 is 0 Å². The topological polar surface area (TPSA) is 77.9 Å². The van der Waals surface area contributed by atoms with E-state index in [4.69, 9.17) is 9.47 Å². The summed E-state index contributed by atoms with van der Waals surface area (Å²) in [5.74, 6) is 2.86. The molecule has 0 aliphatic heterocycles. The second-order valence-corrected chi connectivity index (χ2v) is 5.27. The smallest absolute Gasteiger partial charge is 0.184 e. The van der Waals surface area contributed by atoms with Gasteiger partial charge in [-0.05, 0) is 24.6 Å². The third kappa shape index (κ3) is 3.03. The highest BCUT2D eigenvalue weighted by Crippen LogP contribution is 2.28. The van der Waals surface area contributed by atoms with E-state index in [-0.39, 0.29) is 0 Å². The van der Waals surface area contributed by atoms with E-state index >= 15 is 0 Å². The number of hydrogen-bond acceptors (Lipinski definition) is 5. The Hall–Kier alpha value is -2.83. The fourth-order valence-electron chi connectivity index (χ4n) is 2.50. The van der Waals surface area contributed by atoms with Gasteiger partial charge in [-0.25, -0.2) is 4.98 Å². The summed E-state index contributed by atoms with van der Waals surface area (Å²) in [6.07, 6.45) is 2.55. The molecule has 0 aliphatic carbocycles. The Morgan fingerprint density at radius 3 is 2.61 bits per heavy atom. The fourth-order valence-corrected chi connectivity index (χ4v) is 2.50. The number of H-pyrrole nitrogens is 1. The lowest BCUT2D eigenvalue weighted by Gasteiger charge is -2.08. The average molecular weight is 313 g/mol. The zero-order valence-electron chi connectivity index (χ0n) is 13.6. The Kier molecular flexibility index (Phi) is 4.01. The quantitative estimate of drug-likeness (QED) is 0.780. The molecule has 2 aromatic heterocycles. The van der Waals surface area contributed by atoms with E-state index in [0.29, 0.717) is 23.7 Å². The number of benzene rings is 1. The van der Waals surface area contributed by atoms with Gasteiger partial charge in [0.2, 0.25) is 0 Å². The molecule has 0 aliphatic rings. The highest BCUT2D eigenvalue weighted by Gasteiger charge is 2.12. The first-order valence-corrected chi connectivity index (χ1v) is 7.23. The van der Waals surface area contributed by atoms with Gasteiger partial charge in [0.25, 0.3) is 0 Å². The Morgan fingerprint density at radius 1 is 1.17 bits per heavy atom. The minimum Gasteiger partial charge on any atom is -0.493 e. The SMILES string of the molecule is COc1ccc(Cc2nc(-c3cn(C)nc3C)n[nH]2)cc1OC. The van der Waals surface area contributed by atoms with Gasteiger partial charge in [-0.1, -0.05) is 6.07 Å². The molecule has 0 fully saturated rings. The van der Waals surface area contributed by atoms with Crippen LogP contribution in [0, 0.1) is 6.92 Å². The summed E-state index contributed by atoms with van der Waals surface area (Å²) in [7, 11) is 5.13. The van der Waals surface area contributed by atoms with Crippen LogP contribution in [-0.2, 0) is 13.5 Å². The van der Waals surface area contributed by atoms with E-state index in [0.717, 1.165) is 22.6 Å². The van der Waals surface area contributed by atoms with Gasteiger partial charge in [0.15, 0.2) is 17.3 Å². The molecule has 1 N–H and O–H groups in total. The van der Waals surface area contributed by atoms with Crippen molar-refractivity contribution < 1.29 is 9.47 Å². The number of aryl methyl sites for hydroxylation is 2. The Labute approximate surface area is 134 Å². The molecule has 0 saturated carbocycles. The van der Waals surface area contributed by atoms with Crippen molar-refractivity contribution in [2.24, 2.45) is 7.05 Å². The summed E-state index contributed by atoms with van der Waals surface area (Å²) < 4.78 is 12.3. The van der Waals surface area contributed by atoms with E-state index in [1.807, 2.05) is 38.4 Å². The molecule has 0 unspecified atom stereocenters. The molecule has 3 aromatic rings. The largest absolute Gasteiger partial charge is 0.493 e. The number of nitrogens with one attached hydrogen (secondary N) is 1. The van der Waals surface area contributed by atoms with Gasteiger partial charge in [-0.3, -0.25) is 9.78 Å². The van der Waals surface area contributed by atoms with Crippen LogP contribution in [0.2, 0.25) is 0 Å². The van der Waals surface area contributed by atoms with E-state index in [1.54, 1.807) is 18.9 Å². The Morgan fingerprint density at radius 2 is 1.96 bits per heavy atom. The molecule has 0 atom stereocenters. The van der Waals surface area contributed by atoms with Crippen LogP contribution in [0.1, 0.15) is 17.1 Å². The normalized spacial score (nSPS) is 10.8. The second kappa shape index (κ2) is 6.12. The monoisotopic (exact) mass is 313 g/mol. The third-order valence-corrected chi connectivity index (χ3v) is 3.61. The molecule has 0 spiro atoms. The molecule has 3 rings (SSSR count). The first-order chi connectivity index (χ1) is 11.1. The van der Waals surface area contributed by atoms with E-state index in [9.17, 15) is 0 Å². The molecular formula is C16H19N5O2. The minimum atomic E-state index is 0.632. The van der Waals surface area contributed by atoms with Crippen LogP contribution in [0.4, 0.5) is 0 Å². The molecule has 120 valence electrons. The maximum Gasteiger partial charge on any atom is 0.184 e. The predicted octanol–water partition coefficient (Wildman–Crippen LogP) is 2.12. The van der Waals surface area contributed by atoms with Gasteiger partial charge in [-0.2, -0.15) is 10.2 Å². The standard InChI is InChI=1S/C16H19N5O2/c1-10-12(9-21(2)20-10)16-17-15(18-19-16)8-11-5-6-13(22-3)14(7-11)23-4/h5-7,9H,8H2,1-4H3,(H,17,18,19). The molecule has 7 nitrogen and oxygen atoms in total. The Balaban J connectivity index is 1.83. The van der Waals surface area contributed by atoms with Gasteiger partial charge in [0.1, 0.15) is 5.82 Å². The predicted molar refractivity (Wildman–Crippen MR) is 85.7 cm³/mol. The lowest BCUT2D eigenvalue weighted by molar-refractivity contribution is 0.354. The van der Waals surface area contributed by atoms with Gasteiger partial charge < -0.3 is 9.47 Å². The second-order valence-electron chi connectivity index (χ2n) is 5.27. The summed E-state index contributed by atoms with van der Waals surface area (Å²) in [5, 5.41) is 11.6. The summed E-state index contributed by atoms with van der Waals surface area (Å²) in [6, 6.07) is 5.81. The van der Waals surface area contributed by atoms with Gasteiger partial charge in [0, 0.05) is 19.7 Å². The van der Waals surface area contributed by atoms with Crippen molar-refractivity contribution in [3.63, 3.8) is 0 Å². The molecule has 0 radical (unpaired) electrons. The van der Waals surface area contributed by atoms with Crippen molar-refractivity contribution in [3.8, 4) is 22.9 Å². The van der Waals surface area contributed by atoms with Crippen LogP contribution in [0.15, 0.2) is 24.4 Å². The first kappa shape index (κ1) is 15.1. The van der Waals surface area contributed by atoms with Crippen LogP contribution in [0.25, 0.3) is 11.4 Å². The minimum absolute atomic E-state index is 0.632. The molecule has 1 aromatic carbocycles. The summed E-state index contributed by atoms with van der Waals surface area (Å²) >= 11 is 0. The lowest BCUT2D eigenvalue weighted by Crippen LogP contribution is -1.95. The van der Waals surface area contributed by atoms with Crippen LogP contribution < -0.4 is 9.47 Å². The molecule has 0 amide bonds. The number of nitrogens with zero attached hydrogens (tertiary/aromatic N) is 4. The Bertz CT molecular complexity index is 822. The van der Waals surface area contributed by atoms with Crippen LogP contribution in [-0.4, -0.2) is 39.2 Å². The molecule has 7 heteroatoms. The van der Waals surface area contributed by atoms with Crippen LogP contribution >= 0.6 is 0 Å². The highest BCUT2D eigenvalue weighted by atomic mass is 16.5. The molecule has 2 heterocycles. The van der Waals surface area contributed by atoms with Crippen molar-refractivity contribution in [3.05, 3.63) is 41.5 Å². The number of aromatic amines is 1. The molecular weight excluding hydrogens is 294 g/mol. The fraction of sp³-hybridized carbons (Fsp3) is 0.312. The molecule has 0 bridgehead atoms. The summed E-state index contributed by atoms with van der Waals surface area (Å²) in [6.45, 7) is 1.94. The number of hydrogen-bond donors (Lipinski definition) is 1. The summed E-state index contributed by atoms with van der Waals surface area (Å²) in [4.78, 5) is 4.56. The third-order valence-electron chi connectivity index (χ3n) is 3.61. The molecule has 23 heavy (non-hydrogen) atoms. The van der Waals surface area contributed by atoms with Crippen molar-refractivity contribution in [1.82, 2.24) is 25.0 Å². The first-order valence-electron chi connectivity index (χ1n) is 7.23. The highest BCUT2D eigenvalue weighted by molar-refractivity contribution is 5.56. The molecule has 0 saturated heterocycles. The maximum atomic E-state index is 5.33. The van der Waals surface area contributed by atoms with Crippen molar-refractivity contribution in [2.45, 2.75) is 13.3 Å². The van der Waals surface area contributed by atoms with Crippen LogP contribution in [0.3, 0.4) is 0 Å². The van der Waals surface area contributed by atoms with Gasteiger partial charge in [0.05, 0.1) is 25.5 Å². The zero-order valence-corrected chi connectivity index (χ0v) is 13.6. The zero-order chi connectivity index (χ0) is 16.4. The van der Waals surface area contributed by atoms with Crippen molar-refractivity contribution in [2.75, 3.05) is 14.2 Å². The number of rotatable bonds is 5. The van der Waals surface area contributed by atoms with Gasteiger partial charge in [-0.15, -0.1) is 0 Å². The van der Waals surface area contributed by atoms with Crippen molar-refractivity contribution >= 4 is 0 Å². The summed E-state index contributed by atoms with van der Waals surface area (Å²) in [5.41, 5.74) is 2.90. The number of aromatic nitrogens is 5. The van der Waals surface area contributed by atoms with Crippen LogP contribution in [0.5, 0.6) is 11.5 Å². The lowest BCUT2D eigenvalue weighted by atomic mass is 10.1. The maximum absolute atomic E-state index is 5.33.